The number of rotatable bonds is 1. The van der Waals surface area contributed by atoms with Gasteiger partial charge in [-0.15, -0.1) is 0 Å². The number of para-hydroxylation sites is 2. The van der Waals surface area contributed by atoms with E-state index >= 15 is 0 Å². The van der Waals surface area contributed by atoms with Crippen molar-refractivity contribution in [3.8, 4) is 11.3 Å². The summed E-state index contributed by atoms with van der Waals surface area (Å²) >= 11 is 0. The minimum Gasteiger partial charge on any atom is -0.382 e. The summed E-state index contributed by atoms with van der Waals surface area (Å²) in [5.41, 5.74) is 11.9. The topological polar surface area (TPSA) is 51.8 Å². The third-order valence-corrected chi connectivity index (χ3v) is 3.25. The fourth-order valence-corrected chi connectivity index (χ4v) is 2.20. The van der Waals surface area contributed by atoms with Crippen molar-refractivity contribution in [2.24, 2.45) is 0 Å². The number of anilines is 1. The molecule has 0 radical (unpaired) electrons. The van der Waals surface area contributed by atoms with Gasteiger partial charge in [-0.2, -0.15) is 0 Å². The molecular formula is C16H15N3. The fraction of sp³-hybridized carbons (Fsp3) is 0.125. The summed E-state index contributed by atoms with van der Waals surface area (Å²) in [6.07, 6.45) is 0. The zero-order valence-electron chi connectivity index (χ0n) is 11.0. The van der Waals surface area contributed by atoms with E-state index in [1.165, 1.54) is 5.56 Å². The van der Waals surface area contributed by atoms with Crippen molar-refractivity contribution in [1.82, 2.24) is 9.97 Å². The van der Waals surface area contributed by atoms with Gasteiger partial charge in [0.1, 0.15) is 5.69 Å². The first-order valence-electron chi connectivity index (χ1n) is 6.25. The Labute approximate surface area is 112 Å². The normalized spacial score (nSPS) is 10.8. The van der Waals surface area contributed by atoms with E-state index in [-0.39, 0.29) is 0 Å². The number of hydrogen-bond donors (Lipinski definition) is 1. The molecular weight excluding hydrogens is 234 g/mol. The van der Waals surface area contributed by atoms with Crippen molar-refractivity contribution >= 4 is 16.9 Å². The van der Waals surface area contributed by atoms with Crippen molar-refractivity contribution in [3.05, 3.63) is 53.6 Å². The monoisotopic (exact) mass is 249 g/mol. The van der Waals surface area contributed by atoms with E-state index in [9.17, 15) is 0 Å². The molecule has 3 rings (SSSR count). The lowest BCUT2D eigenvalue weighted by Crippen LogP contribution is -1.99. The average Bonchev–Trinajstić information content (AvgIpc) is 2.41. The first kappa shape index (κ1) is 11.7. The van der Waals surface area contributed by atoms with Gasteiger partial charge >= 0.3 is 0 Å². The minimum atomic E-state index is 0.479. The molecule has 1 heterocycles. The first-order valence-corrected chi connectivity index (χ1v) is 6.25. The maximum absolute atomic E-state index is 6.06. The first-order chi connectivity index (χ1) is 9.15. The van der Waals surface area contributed by atoms with Gasteiger partial charge in [-0.05, 0) is 37.6 Å². The highest BCUT2D eigenvalue weighted by atomic mass is 14.9. The Morgan fingerprint density at radius 2 is 1.58 bits per heavy atom. The Bertz CT molecular complexity index is 763. The van der Waals surface area contributed by atoms with E-state index in [0.717, 1.165) is 27.9 Å². The molecule has 3 nitrogen and oxygen atoms in total. The Morgan fingerprint density at radius 3 is 2.32 bits per heavy atom. The molecule has 2 aromatic carbocycles. The zero-order valence-corrected chi connectivity index (χ0v) is 11.0. The van der Waals surface area contributed by atoms with Crippen LogP contribution in [-0.4, -0.2) is 9.97 Å². The van der Waals surface area contributed by atoms with Crippen LogP contribution in [0.3, 0.4) is 0 Å². The number of hydrogen-bond acceptors (Lipinski definition) is 3. The summed E-state index contributed by atoms with van der Waals surface area (Å²) in [7, 11) is 0. The summed E-state index contributed by atoms with van der Waals surface area (Å²) in [5.74, 6) is 0.479. The van der Waals surface area contributed by atoms with Crippen LogP contribution in [0.2, 0.25) is 0 Å². The van der Waals surface area contributed by atoms with E-state index in [2.05, 4.69) is 42.0 Å². The molecule has 0 spiro atoms. The molecule has 0 atom stereocenters. The van der Waals surface area contributed by atoms with Crippen LogP contribution in [0, 0.1) is 13.8 Å². The van der Waals surface area contributed by atoms with Crippen molar-refractivity contribution in [2.75, 3.05) is 5.73 Å². The Hall–Kier alpha value is -2.42. The molecule has 1 aromatic heterocycles. The van der Waals surface area contributed by atoms with Crippen LogP contribution < -0.4 is 5.73 Å². The van der Waals surface area contributed by atoms with Crippen LogP contribution in [0.25, 0.3) is 22.3 Å². The van der Waals surface area contributed by atoms with E-state index in [1.807, 2.05) is 24.3 Å². The summed E-state index contributed by atoms with van der Waals surface area (Å²) < 4.78 is 0. The Morgan fingerprint density at radius 1 is 0.895 bits per heavy atom. The van der Waals surface area contributed by atoms with Crippen LogP contribution in [0.4, 0.5) is 5.82 Å². The summed E-state index contributed by atoms with van der Waals surface area (Å²) in [4.78, 5) is 9.10. The maximum Gasteiger partial charge on any atom is 0.150 e. The van der Waals surface area contributed by atoms with Crippen molar-refractivity contribution < 1.29 is 0 Å². The highest BCUT2D eigenvalue weighted by molar-refractivity contribution is 5.83. The molecule has 19 heavy (non-hydrogen) atoms. The van der Waals surface area contributed by atoms with Crippen LogP contribution in [0.5, 0.6) is 0 Å². The summed E-state index contributed by atoms with van der Waals surface area (Å²) in [5, 5.41) is 0. The maximum atomic E-state index is 6.06. The second kappa shape index (κ2) is 4.35. The number of nitrogen functional groups attached to an aromatic ring is 1. The Balaban J connectivity index is 2.30. The third kappa shape index (κ3) is 2.03. The standard InChI is InChI=1S/C16H15N3/c1-10-7-8-11(2)12(9-10)15-16(17)19-14-6-4-3-5-13(14)18-15/h3-9H,1-2H3,(H2,17,19). The molecule has 0 aliphatic heterocycles. The average molecular weight is 249 g/mol. The quantitative estimate of drug-likeness (QED) is 0.718. The molecule has 3 heteroatoms. The number of aryl methyl sites for hydroxylation is 2. The number of aromatic nitrogens is 2. The number of nitrogens with two attached hydrogens (primary N) is 1. The van der Waals surface area contributed by atoms with Gasteiger partial charge < -0.3 is 5.73 Å². The number of fused-ring (bicyclic) bond motifs is 1. The van der Waals surface area contributed by atoms with Gasteiger partial charge in [-0.1, -0.05) is 29.8 Å². The van der Waals surface area contributed by atoms with Gasteiger partial charge in [0, 0.05) is 5.56 Å². The second-order valence-electron chi connectivity index (χ2n) is 4.76. The third-order valence-electron chi connectivity index (χ3n) is 3.25. The van der Waals surface area contributed by atoms with E-state index in [4.69, 9.17) is 5.73 Å². The lowest BCUT2D eigenvalue weighted by Gasteiger charge is -2.10. The van der Waals surface area contributed by atoms with Gasteiger partial charge in [-0.3, -0.25) is 0 Å². The molecule has 2 N–H and O–H groups in total. The van der Waals surface area contributed by atoms with Crippen molar-refractivity contribution in [1.29, 1.82) is 0 Å². The molecule has 0 amide bonds. The molecule has 0 aliphatic rings. The van der Waals surface area contributed by atoms with Crippen LogP contribution in [0.1, 0.15) is 11.1 Å². The predicted molar refractivity (Wildman–Crippen MR) is 78.9 cm³/mol. The highest BCUT2D eigenvalue weighted by Gasteiger charge is 2.10. The molecule has 0 bridgehead atoms. The molecule has 0 saturated carbocycles. The van der Waals surface area contributed by atoms with Gasteiger partial charge in [-0.25, -0.2) is 9.97 Å². The van der Waals surface area contributed by atoms with Gasteiger partial charge in [0.15, 0.2) is 5.82 Å². The predicted octanol–water partition coefficient (Wildman–Crippen LogP) is 3.50. The van der Waals surface area contributed by atoms with Gasteiger partial charge in [0.25, 0.3) is 0 Å². The molecule has 0 fully saturated rings. The lowest BCUT2D eigenvalue weighted by atomic mass is 10.0. The molecule has 0 unspecified atom stereocenters. The van der Waals surface area contributed by atoms with Crippen molar-refractivity contribution in [3.63, 3.8) is 0 Å². The molecule has 0 saturated heterocycles. The van der Waals surface area contributed by atoms with E-state index in [1.54, 1.807) is 0 Å². The Kier molecular flexibility index (Phi) is 2.67. The second-order valence-corrected chi connectivity index (χ2v) is 4.76. The van der Waals surface area contributed by atoms with E-state index < -0.39 is 0 Å². The summed E-state index contributed by atoms with van der Waals surface area (Å²) in [6, 6.07) is 14.0. The highest BCUT2D eigenvalue weighted by Crippen LogP contribution is 2.28. The smallest absolute Gasteiger partial charge is 0.150 e. The van der Waals surface area contributed by atoms with Gasteiger partial charge in [0.05, 0.1) is 11.0 Å². The SMILES string of the molecule is Cc1ccc(C)c(-c2nc3ccccc3nc2N)c1. The van der Waals surface area contributed by atoms with Crippen molar-refractivity contribution in [2.45, 2.75) is 13.8 Å². The van der Waals surface area contributed by atoms with Crippen LogP contribution in [0.15, 0.2) is 42.5 Å². The van der Waals surface area contributed by atoms with E-state index in [0.29, 0.717) is 5.82 Å². The summed E-state index contributed by atoms with van der Waals surface area (Å²) in [6.45, 7) is 4.12. The lowest BCUT2D eigenvalue weighted by molar-refractivity contribution is 1.28. The number of nitrogens with zero attached hydrogens (tertiary/aromatic N) is 2. The van der Waals surface area contributed by atoms with Crippen LogP contribution in [-0.2, 0) is 0 Å². The zero-order chi connectivity index (χ0) is 13.4. The fourth-order valence-electron chi connectivity index (χ4n) is 2.20. The van der Waals surface area contributed by atoms with Gasteiger partial charge in [0.2, 0.25) is 0 Å². The van der Waals surface area contributed by atoms with Crippen LogP contribution >= 0.6 is 0 Å². The molecule has 94 valence electrons. The molecule has 0 aliphatic carbocycles. The molecule has 3 aromatic rings. The number of benzene rings is 2. The largest absolute Gasteiger partial charge is 0.382 e. The minimum absolute atomic E-state index is 0.479.